The second kappa shape index (κ2) is 6.83. The lowest BCUT2D eigenvalue weighted by atomic mass is 10.1. The number of nitrogens with zero attached hydrogens (tertiary/aromatic N) is 2. The molecular formula is C15H21BrFN5. The van der Waals surface area contributed by atoms with Crippen molar-refractivity contribution in [1.29, 1.82) is 0 Å². The fourth-order valence-electron chi connectivity index (χ4n) is 3.01. The summed E-state index contributed by atoms with van der Waals surface area (Å²) in [5.41, 5.74) is 9.04. The molecule has 3 heterocycles. The molecule has 1 saturated heterocycles. The molecule has 3 rings (SSSR count). The Morgan fingerprint density at radius 3 is 3.18 bits per heavy atom. The molecule has 1 aliphatic rings. The number of hydrogen-bond donors (Lipinski definition) is 3. The highest BCUT2D eigenvalue weighted by Crippen LogP contribution is 2.38. The van der Waals surface area contributed by atoms with Gasteiger partial charge in [-0.3, -0.25) is 4.39 Å². The van der Waals surface area contributed by atoms with Gasteiger partial charge in [0.25, 0.3) is 0 Å². The summed E-state index contributed by atoms with van der Waals surface area (Å²) in [7, 11) is 0. The van der Waals surface area contributed by atoms with Gasteiger partial charge in [0.2, 0.25) is 0 Å². The highest BCUT2D eigenvalue weighted by atomic mass is 79.9. The molecule has 120 valence electrons. The Balaban J connectivity index is 1.99. The summed E-state index contributed by atoms with van der Waals surface area (Å²) in [6, 6.07) is 0.200. The Morgan fingerprint density at radius 2 is 2.41 bits per heavy atom. The van der Waals surface area contributed by atoms with Crippen molar-refractivity contribution in [3.8, 4) is 0 Å². The van der Waals surface area contributed by atoms with E-state index in [9.17, 15) is 4.39 Å². The molecule has 0 amide bonds. The number of hydrogen-bond acceptors (Lipinski definition) is 4. The predicted molar refractivity (Wildman–Crippen MR) is 92.3 cm³/mol. The van der Waals surface area contributed by atoms with Gasteiger partial charge in [-0.1, -0.05) is 0 Å². The number of anilines is 2. The monoisotopic (exact) mass is 369 g/mol. The van der Waals surface area contributed by atoms with Gasteiger partial charge in [0.15, 0.2) is 0 Å². The van der Waals surface area contributed by atoms with E-state index < -0.39 is 0 Å². The fourth-order valence-corrected chi connectivity index (χ4v) is 3.56. The van der Waals surface area contributed by atoms with Crippen LogP contribution in [0.4, 0.5) is 15.8 Å². The van der Waals surface area contributed by atoms with E-state index in [1.165, 1.54) is 0 Å². The van der Waals surface area contributed by atoms with Crippen LogP contribution in [0.2, 0.25) is 0 Å². The van der Waals surface area contributed by atoms with Gasteiger partial charge >= 0.3 is 0 Å². The summed E-state index contributed by atoms with van der Waals surface area (Å²) in [5, 5.41) is 4.34. The average molecular weight is 370 g/mol. The maximum absolute atomic E-state index is 12.3. The van der Waals surface area contributed by atoms with Crippen LogP contribution >= 0.6 is 15.9 Å². The molecule has 4 N–H and O–H groups in total. The van der Waals surface area contributed by atoms with Crippen LogP contribution in [0, 0.1) is 0 Å². The van der Waals surface area contributed by atoms with Crippen molar-refractivity contribution >= 4 is 38.3 Å². The molecule has 22 heavy (non-hydrogen) atoms. The van der Waals surface area contributed by atoms with E-state index in [4.69, 9.17) is 5.73 Å². The zero-order chi connectivity index (χ0) is 15.5. The normalized spacial score (nSPS) is 18.9. The van der Waals surface area contributed by atoms with Gasteiger partial charge in [0, 0.05) is 38.1 Å². The van der Waals surface area contributed by atoms with Crippen LogP contribution < -0.4 is 16.0 Å². The number of aromatic nitrogens is 2. The summed E-state index contributed by atoms with van der Waals surface area (Å²) >= 11 is 3.63. The molecule has 0 aromatic carbocycles. The first-order chi connectivity index (χ1) is 10.7. The van der Waals surface area contributed by atoms with E-state index in [2.05, 4.69) is 36.1 Å². The first-order valence-electron chi connectivity index (χ1n) is 7.66. The molecule has 0 unspecified atom stereocenters. The van der Waals surface area contributed by atoms with E-state index >= 15 is 0 Å². The van der Waals surface area contributed by atoms with Crippen LogP contribution in [-0.2, 0) is 0 Å². The SMILES string of the molecule is N[C@@H]1CCCN(c2c(Br)cnc3[nH]cc(NCCCF)c23)C1. The van der Waals surface area contributed by atoms with Crippen LogP contribution in [0.1, 0.15) is 19.3 Å². The average Bonchev–Trinajstić information content (AvgIpc) is 2.91. The third kappa shape index (κ3) is 3.05. The molecule has 2 aromatic heterocycles. The number of nitrogens with two attached hydrogens (primary N) is 1. The first-order valence-corrected chi connectivity index (χ1v) is 8.46. The quantitative estimate of drug-likeness (QED) is 0.708. The van der Waals surface area contributed by atoms with Crippen LogP contribution in [0.15, 0.2) is 16.9 Å². The minimum atomic E-state index is -0.314. The fraction of sp³-hybridized carbons (Fsp3) is 0.533. The smallest absolute Gasteiger partial charge is 0.141 e. The Labute approximate surface area is 137 Å². The van der Waals surface area contributed by atoms with Crippen molar-refractivity contribution in [2.45, 2.75) is 25.3 Å². The van der Waals surface area contributed by atoms with Gasteiger partial charge in [-0.05, 0) is 35.2 Å². The predicted octanol–water partition coefficient (Wildman–Crippen LogP) is 3.02. The largest absolute Gasteiger partial charge is 0.383 e. The lowest BCUT2D eigenvalue weighted by molar-refractivity contribution is 0.481. The zero-order valence-corrected chi connectivity index (χ0v) is 14.0. The molecule has 2 aromatic rings. The summed E-state index contributed by atoms with van der Waals surface area (Å²) in [4.78, 5) is 9.93. The number of rotatable bonds is 5. The third-order valence-electron chi connectivity index (χ3n) is 4.03. The molecule has 0 aliphatic carbocycles. The van der Waals surface area contributed by atoms with E-state index in [0.29, 0.717) is 13.0 Å². The maximum Gasteiger partial charge on any atom is 0.141 e. The summed E-state index contributed by atoms with van der Waals surface area (Å²) in [6.07, 6.45) is 6.37. The molecule has 5 nitrogen and oxygen atoms in total. The molecule has 1 aliphatic heterocycles. The van der Waals surface area contributed by atoms with Gasteiger partial charge in [-0.25, -0.2) is 4.98 Å². The van der Waals surface area contributed by atoms with Gasteiger partial charge in [0.05, 0.1) is 27.9 Å². The second-order valence-corrected chi connectivity index (χ2v) is 6.55. The number of fused-ring (bicyclic) bond motifs is 1. The van der Waals surface area contributed by atoms with Crippen LogP contribution in [0.5, 0.6) is 0 Å². The van der Waals surface area contributed by atoms with Crippen molar-refractivity contribution in [2.24, 2.45) is 5.73 Å². The number of piperidine rings is 1. The van der Waals surface area contributed by atoms with Crippen molar-refractivity contribution in [3.05, 3.63) is 16.9 Å². The molecular weight excluding hydrogens is 349 g/mol. The number of halogens is 2. The van der Waals surface area contributed by atoms with Crippen LogP contribution in [-0.4, -0.2) is 42.3 Å². The van der Waals surface area contributed by atoms with Gasteiger partial charge in [-0.15, -0.1) is 0 Å². The van der Waals surface area contributed by atoms with Gasteiger partial charge < -0.3 is 20.9 Å². The maximum atomic E-state index is 12.3. The Morgan fingerprint density at radius 1 is 1.55 bits per heavy atom. The lowest BCUT2D eigenvalue weighted by Crippen LogP contribution is -2.43. The van der Waals surface area contributed by atoms with Crippen LogP contribution in [0.3, 0.4) is 0 Å². The number of alkyl halides is 1. The second-order valence-electron chi connectivity index (χ2n) is 5.70. The highest BCUT2D eigenvalue weighted by molar-refractivity contribution is 9.10. The summed E-state index contributed by atoms with van der Waals surface area (Å²) in [6.45, 7) is 2.12. The molecule has 1 atom stereocenters. The zero-order valence-electron chi connectivity index (χ0n) is 12.4. The number of H-pyrrole nitrogens is 1. The summed E-state index contributed by atoms with van der Waals surface area (Å²) in [5.74, 6) is 0. The number of aromatic amines is 1. The topological polar surface area (TPSA) is 70.0 Å². The molecule has 0 saturated carbocycles. The van der Waals surface area contributed by atoms with E-state index in [-0.39, 0.29) is 12.7 Å². The third-order valence-corrected chi connectivity index (χ3v) is 4.61. The molecule has 0 radical (unpaired) electrons. The van der Waals surface area contributed by atoms with Crippen molar-refractivity contribution in [1.82, 2.24) is 9.97 Å². The standard InChI is InChI=1S/C15H21BrFN5/c16-11-7-20-15-13(12(8-21-15)19-5-2-4-17)14(11)22-6-1-3-10(18)9-22/h7-8,10,19H,1-6,9,18H2,(H,20,21)/t10-/m1/s1. The number of pyridine rings is 1. The van der Waals surface area contributed by atoms with E-state index in [1.807, 2.05) is 12.4 Å². The van der Waals surface area contributed by atoms with Crippen molar-refractivity contribution in [2.75, 3.05) is 36.5 Å². The highest BCUT2D eigenvalue weighted by Gasteiger charge is 2.23. The molecule has 1 fully saturated rings. The Hall–Kier alpha value is -1.34. The van der Waals surface area contributed by atoms with Crippen LogP contribution in [0.25, 0.3) is 11.0 Å². The Kier molecular flexibility index (Phi) is 4.83. The summed E-state index contributed by atoms with van der Waals surface area (Å²) < 4.78 is 13.3. The Bertz CT molecular complexity index is 644. The molecule has 0 spiro atoms. The lowest BCUT2D eigenvalue weighted by Gasteiger charge is -2.33. The van der Waals surface area contributed by atoms with Gasteiger partial charge in [0.1, 0.15) is 5.65 Å². The van der Waals surface area contributed by atoms with Crippen molar-refractivity contribution < 1.29 is 4.39 Å². The van der Waals surface area contributed by atoms with E-state index in [1.54, 1.807) is 0 Å². The van der Waals surface area contributed by atoms with Crippen molar-refractivity contribution in [3.63, 3.8) is 0 Å². The van der Waals surface area contributed by atoms with E-state index in [0.717, 1.165) is 52.8 Å². The molecule has 7 heteroatoms. The number of nitrogens with one attached hydrogen (secondary N) is 2. The van der Waals surface area contributed by atoms with Gasteiger partial charge in [-0.2, -0.15) is 0 Å². The molecule has 0 bridgehead atoms. The first kappa shape index (κ1) is 15.6. The minimum absolute atomic E-state index is 0.200. The minimum Gasteiger partial charge on any atom is -0.383 e.